The Hall–Kier alpha value is -2.06. The van der Waals surface area contributed by atoms with E-state index in [-0.39, 0.29) is 5.97 Å². The van der Waals surface area contributed by atoms with Crippen molar-refractivity contribution in [2.24, 2.45) is 5.92 Å². The van der Waals surface area contributed by atoms with Gasteiger partial charge in [0.25, 0.3) is 0 Å². The first kappa shape index (κ1) is 19.7. The smallest absolute Gasteiger partial charge is 0.337 e. The summed E-state index contributed by atoms with van der Waals surface area (Å²) in [5.41, 5.74) is 1.68. The fraction of sp³-hybridized carbons (Fsp3) is 0.526. The minimum Gasteiger partial charge on any atom is -0.465 e. The number of carbonyl (C=O) groups is 1. The molecule has 2 heterocycles. The van der Waals surface area contributed by atoms with Crippen LogP contribution in [-0.4, -0.2) is 54.1 Å². The van der Waals surface area contributed by atoms with Crippen molar-refractivity contribution in [1.29, 1.82) is 0 Å². The topological polar surface area (TPSA) is 69.5 Å². The van der Waals surface area contributed by atoms with E-state index in [1.807, 2.05) is 12.1 Å². The largest absolute Gasteiger partial charge is 0.465 e. The highest BCUT2D eigenvalue weighted by Gasteiger charge is 2.21. The number of carbonyl (C=O) groups excluding carboxylic acids is 1. The number of nitrogens with zero attached hydrogens (tertiary/aromatic N) is 4. The Morgan fingerprint density at radius 1 is 1.22 bits per heavy atom. The molecule has 0 unspecified atom stereocenters. The Morgan fingerprint density at radius 2 is 1.93 bits per heavy atom. The van der Waals surface area contributed by atoms with Crippen molar-refractivity contribution in [3.05, 3.63) is 35.4 Å². The van der Waals surface area contributed by atoms with E-state index < -0.39 is 0 Å². The number of esters is 1. The van der Waals surface area contributed by atoms with E-state index in [4.69, 9.17) is 9.47 Å². The van der Waals surface area contributed by atoms with Crippen molar-refractivity contribution in [1.82, 2.24) is 14.8 Å². The van der Waals surface area contributed by atoms with E-state index in [9.17, 15) is 4.79 Å². The number of hydrogen-bond acceptors (Lipinski definition) is 7. The average molecular weight is 391 g/mol. The third-order valence-corrected chi connectivity index (χ3v) is 5.32. The summed E-state index contributed by atoms with van der Waals surface area (Å²) in [6.07, 6.45) is 0. The molecule has 1 aliphatic heterocycles. The van der Waals surface area contributed by atoms with Gasteiger partial charge in [-0.1, -0.05) is 37.7 Å². The van der Waals surface area contributed by atoms with Crippen LogP contribution in [0.1, 0.15) is 29.8 Å². The van der Waals surface area contributed by atoms with Crippen LogP contribution >= 0.6 is 11.8 Å². The van der Waals surface area contributed by atoms with Gasteiger partial charge in [-0.25, -0.2) is 4.79 Å². The molecule has 1 aromatic carbocycles. The molecule has 0 bridgehead atoms. The molecular weight excluding hydrogens is 364 g/mol. The maximum absolute atomic E-state index is 11.5. The van der Waals surface area contributed by atoms with E-state index >= 15 is 0 Å². The summed E-state index contributed by atoms with van der Waals surface area (Å²) < 4.78 is 12.4. The quantitative estimate of drug-likeness (QED) is 0.532. The molecule has 0 radical (unpaired) electrons. The third-order valence-electron chi connectivity index (χ3n) is 4.28. The van der Waals surface area contributed by atoms with E-state index in [0.717, 1.165) is 55.3 Å². The Bertz CT molecular complexity index is 755. The highest BCUT2D eigenvalue weighted by atomic mass is 32.2. The molecule has 0 N–H and O–H groups in total. The zero-order valence-corrected chi connectivity index (χ0v) is 16.9. The molecular formula is C19H26N4O3S. The summed E-state index contributed by atoms with van der Waals surface area (Å²) in [7, 11) is 1.39. The van der Waals surface area contributed by atoms with E-state index in [1.165, 1.54) is 7.11 Å². The SMILES string of the molecule is COC(=O)c1ccc(CSc2nnc(N3CCOCC3)n2CC(C)C)cc1. The second-order valence-electron chi connectivity index (χ2n) is 6.86. The molecule has 0 atom stereocenters. The second kappa shape index (κ2) is 9.23. The van der Waals surface area contributed by atoms with Gasteiger partial charge >= 0.3 is 5.97 Å². The molecule has 0 spiro atoms. The Kier molecular flexibility index (Phi) is 6.73. The van der Waals surface area contributed by atoms with Gasteiger partial charge in [0.05, 0.1) is 25.9 Å². The van der Waals surface area contributed by atoms with Crippen LogP contribution in [0, 0.1) is 5.92 Å². The van der Waals surface area contributed by atoms with Crippen molar-refractivity contribution in [2.75, 3.05) is 38.3 Å². The molecule has 1 aromatic heterocycles. The number of methoxy groups -OCH3 is 1. The van der Waals surface area contributed by atoms with Gasteiger partial charge in [0.15, 0.2) is 5.16 Å². The van der Waals surface area contributed by atoms with Crippen LogP contribution in [0.2, 0.25) is 0 Å². The first-order chi connectivity index (χ1) is 13.1. The van der Waals surface area contributed by atoms with Gasteiger partial charge in [0, 0.05) is 25.4 Å². The van der Waals surface area contributed by atoms with Crippen molar-refractivity contribution in [3.63, 3.8) is 0 Å². The van der Waals surface area contributed by atoms with Gasteiger partial charge in [-0.05, 0) is 23.6 Å². The van der Waals surface area contributed by atoms with Crippen molar-refractivity contribution in [2.45, 2.75) is 31.3 Å². The predicted molar refractivity (Wildman–Crippen MR) is 105 cm³/mol. The highest BCUT2D eigenvalue weighted by molar-refractivity contribution is 7.98. The number of aromatic nitrogens is 3. The van der Waals surface area contributed by atoms with Crippen molar-refractivity contribution >= 4 is 23.7 Å². The number of anilines is 1. The molecule has 0 aliphatic carbocycles. The molecule has 2 aromatic rings. The summed E-state index contributed by atoms with van der Waals surface area (Å²) in [5, 5.41) is 9.81. The number of benzene rings is 1. The number of rotatable bonds is 7. The minimum atomic E-state index is -0.318. The molecule has 7 nitrogen and oxygen atoms in total. The number of ether oxygens (including phenoxy) is 2. The zero-order valence-electron chi connectivity index (χ0n) is 16.1. The lowest BCUT2D eigenvalue weighted by Gasteiger charge is -2.28. The summed E-state index contributed by atoms with van der Waals surface area (Å²) in [6, 6.07) is 7.48. The van der Waals surface area contributed by atoms with Gasteiger partial charge in [0.1, 0.15) is 0 Å². The Labute approximate surface area is 164 Å². The Morgan fingerprint density at radius 3 is 2.56 bits per heavy atom. The number of thioether (sulfide) groups is 1. The summed E-state index contributed by atoms with van der Waals surface area (Å²) in [5.74, 6) is 1.87. The molecule has 1 aliphatic rings. The molecule has 27 heavy (non-hydrogen) atoms. The fourth-order valence-corrected chi connectivity index (χ4v) is 3.81. The van der Waals surface area contributed by atoms with Crippen LogP contribution in [0.25, 0.3) is 0 Å². The molecule has 146 valence electrons. The molecule has 1 fully saturated rings. The normalized spacial score (nSPS) is 14.6. The van der Waals surface area contributed by atoms with Gasteiger partial charge in [-0.15, -0.1) is 10.2 Å². The molecule has 3 rings (SSSR count). The lowest BCUT2D eigenvalue weighted by Crippen LogP contribution is -2.38. The fourth-order valence-electron chi connectivity index (χ4n) is 2.91. The second-order valence-corrected chi connectivity index (χ2v) is 7.81. The number of morpholine rings is 1. The zero-order chi connectivity index (χ0) is 19.2. The first-order valence-corrected chi connectivity index (χ1v) is 10.1. The maximum Gasteiger partial charge on any atom is 0.337 e. The first-order valence-electron chi connectivity index (χ1n) is 9.14. The van der Waals surface area contributed by atoms with Gasteiger partial charge in [-0.2, -0.15) is 0 Å². The third kappa shape index (κ3) is 5.01. The highest BCUT2D eigenvalue weighted by Crippen LogP contribution is 2.27. The van der Waals surface area contributed by atoms with Crippen LogP contribution in [0.4, 0.5) is 5.95 Å². The molecule has 0 saturated carbocycles. The number of hydrogen-bond donors (Lipinski definition) is 0. The Balaban J connectivity index is 1.72. The van der Waals surface area contributed by atoms with E-state index in [0.29, 0.717) is 11.5 Å². The van der Waals surface area contributed by atoms with Crippen LogP contribution in [0.3, 0.4) is 0 Å². The monoisotopic (exact) mass is 390 g/mol. The standard InChI is InChI=1S/C19H26N4O3S/c1-14(2)12-23-18(22-8-10-26-11-9-22)20-21-19(23)27-13-15-4-6-16(7-5-15)17(24)25-3/h4-7,14H,8-13H2,1-3H3. The van der Waals surface area contributed by atoms with Crippen LogP contribution in [-0.2, 0) is 21.8 Å². The van der Waals surface area contributed by atoms with Crippen molar-refractivity contribution < 1.29 is 14.3 Å². The van der Waals surface area contributed by atoms with Gasteiger partial charge < -0.3 is 14.4 Å². The molecule has 8 heteroatoms. The maximum atomic E-state index is 11.5. The van der Waals surface area contributed by atoms with Crippen molar-refractivity contribution in [3.8, 4) is 0 Å². The molecule has 1 saturated heterocycles. The lowest BCUT2D eigenvalue weighted by atomic mass is 10.1. The van der Waals surface area contributed by atoms with Crippen LogP contribution in [0.15, 0.2) is 29.4 Å². The van der Waals surface area contributed by atoms with Crippen LogP contribution in [0.5, 0.6) is 0 Å². The summed E-state index contributed by atoms with van der Waals surface area (Å²) >= 11 is 1.66. The van der Waals surface area contributed by atoms with Crippen LogP contribution < -0.4 is 4.90 Å². The van der Waals surface area contributed by atoms with Gasteiger partial charge in [-0.3, -0.25) is 4.57 Å². The minimum absolute atomic E-state index is 0.318. The summed E-state index contributed by atoms with van der Waals surface area (Å²) in [6.45, 7) is 8.41. The van der Waals surface area contributed by atoms with E-state index in [2.05, 4.69) is 33.5 Å². The van der Waals surface area contributed by atoms with Gasteiger partial charge in [0.2, 0.25) is 5.95 Å². The van der Waals surface area contributed by atoms with E-state index in [1.54, 1.807) is 23.9 Å². The average Bonchev–Trinajstić information content (AvgIpc) is 3.08. The summed E-state index contributed by atoms with van der Waals surface area (Å²) in [4.78, 5) is 13.8. The molecule has 0 amide bonds. The lowest BCUT2D eigenvalue weighted by molar-refractivity contribution is 0.0600. The predicted octanol–water partition coefficient (Wildman–Crippen LogP) is 2.85.